The minimum atomic E-state index is 0.538. The van der Waals surface area contributed by atoms with Gasteiger partial charge in [-0.2, -0.15) is 0 Å². The molecule has 0 fully saturated rings. The van der Waals surface area contributed by atoms with Crippen molar-refractivity contribution in [2.24, 2.45) is 0 Å². The zero-order valence-corrected chi connectivity index (χ0v) is 31.9. The molecule has 0 aliphatic rings. The van der Waals surface area contributed by atoms with Crippen LogP contribution in [0.5, 0.6) is 0 Å². The highest BCUT2D eigenvalue weighted by atomic mass is 32.1. The molecule has 0 aliphatic carbocycles. The first-order valence-corrected chi connectivity index (χ1v) is 19.8. The number of thiophene rings is 1. The van der Waals surface area contributed by atoms with Crippen molar-refractivity contribution in [3.63, 3.8) is 0 Å². The van der Waals surface area contributed by atoms with E-state index in [2.05, 4.69) is 78.9 Å². The van der Waals surface area contributed by atoms with Crippen LogP contribution in [0, 0.1) is 0 Å². The van der Waals surface area contributed by atoms with E-state index >= 15 is 0 Å². The van der Waals surface area contributed by atoms with Crippen molar-refractivity contribution in [2.45, 2.75) is 4.90 Å². The fourth-order valence-electron chi connectivity index (χ4n) is 7.63. The summed E-state index contributed by atoms with van der Waals surface area (Å²) in [6.07, 6.45) is 0. The normalized spacial score (nSPS) is 11.6. The summed E-state index contributed by atoms with van der Waals surface area (Å²) in [5, 5.41) is 3.03. The molecule has 0 amide bonds. The molecule has 11 aromatic rings. The highest BCUT2D eigenvalue weighted by Gasteiger charge is 2.22. The van der Waals surface area contributed by atoms with Gasteiger partial charge in [0.1, 0.15) is 11.2 Å². The van der Waals surface area contributed by atoms with Crippen LogP contribution in [0.4, 0.5) is 0 Å². The highest BCUT2D eigenvalue weighted by molar-refractivity contribution is 7.80. The molecule has 268 valence electrons. The van der Waals surface area contributed by atoms with E-state index in [1.165, 1.54) is 4.70 Å². The van der Waals surface area contributed by atoms with Crippen LogP contribution in [0.3, 0.4) is 0 Å². The van der Waals surface area contributed by atoms with Gasteiger partial charge in [0.2, 0.25) is 0 Å². The fourth-order valence-corrected chi connectivity index (χ4v) is 9.12. The zero-order chi connectivity index (χ0) is 37.9. The summed E-state index contributed by atoms with van der Waals surface area (Å²) in [4.78, 5) is 26.6. The number of furan rings is 1. The molecule has 0 unspecified atom stereocenters. The van der Waals surface area contributed by atoms with Crippen LogP contribution in [-0.2, 0) is 0 Å². The molecule has 4 aromatic heterocycles. The summed E-state index contributed by atoms with van der Waals surface area (Å²) < 4.78 is 8.88. The number of aromatic nitrogens is 5. The predicted octanol–water partition coefficient (Wildman–Crippen LogP) is 13.2. The highest BCUT2D eigenvalue weighted by Crippen LogP contribution is 2.43. The predicted molar refractivity (Wildman–Crippen MR) is 235 cm³/mol. The number of hydrogen-bond donors (Lipinski definition) is 1. The molecule has 0 bridgehead atoms. The van der Waals surface area contributed by atoms with Gasteiger partial charge in [-0.25, -0.2) is 24.9 Å². The standard InChI is InChI=1S/C49H29N5OS2/c56-39-24-13-22-35(41(39)29-14-4-1-5-15-29)49-53-46(31-18-8-3-9-19-31)52-47(54-49)32-26-27-33-38(28-32)55-37-23-12-21-36(42(33)37)48-50-43(30-16-6-2-7-17-30)45-44(51-48)34-20-10-11-25-40(34)57-45/h1-28,56H. The second-order valence-corrected chi connectivity index (χ2v) is 15.3. The summed E-state index contributed by atoms with van der Waals surface area (Å²) in [7, 11) is 0. The van der Waals surface area contributed by atoms with E-state index in [9.17, 15) is 0 Å². The van der Waals surface area contributed by atoms with Crippen molar-refractivity contribution in [3.05, 3.63) is 170 Å². The van der Waals surface area contributed by atoms with E-state index in [4.69, 9.17) is 42.0 Å². The molecule has 0 atom stereocenters. The molecule has 0 radical (unpaired) electrons. The van der Waals surface area contributed by atoms with Gasteiger partial charge in [0, 0.05) is 59.1 Å². The number of benzene rings is 7. The van der Waals surface area contributed by atoms with Crippen LogP contribution < -0.4 is 0 Å². The molecule has 0 saturated heterocycles. The van der Waals surface area contributed by atoms with Crippen molar-refractivity contribution >= 4 is 66.2 Å². The van der Waals surface area contributed by atoms with Crippen LogP contribution in [0.25, 0.3) is 110 Å². The summed E-state index contributed by atoms with van der Waals surface area (Å²) in [6, 6.07) is 57.3. The third kappa shape index (κ3) is 5.77. The van der Waals surface area contributed by atoms with Crippen LogP contribution in [0.15, 0.2) is 179 Å². The maximum atomic E-state index is 6.62. The van der Waals surface area contributed by atoms with Gasteiger partial charge in [0.25, 0.3) is 0 Å². The van der Waals surface area contributed by atoms with Crippen molar-refractivity contribution < 1.29 is 4.42 Å². The van der Waals surface area contributed by atoms with Gasteiger partial charge in [-0.1, -0.05) is 140 Å². The average Bonchev–Trinajstić information content (AvgIpc) is 3.85. The van der Waals surface area contributed by atoms with Crippen LogP contribution in [-0.4, -0.2) is 24.9 Å². The summed E-state index contributed by atoms with van der Waals surface area (Å²) in [5.74, 6) is 2.32. The Morgan fingerprint density at radius 2 is 1.07 bits per heavy atom. The first-order chi connectivity index (χ1) is 28.2. The van der Waals surface area contributed by atoms with Crippen LogP contribution in [0.1, 0.15) is 0 Å². The van der Waals surface area contributed by atoms with Crippen LogP contribution >= 0.6 is 24.0 Å². The lowest BCUT2D eigenvalue weighted by Crippen LogP contribution is -2.01. The molecule has 0 N–H and O–H groups in total. The van der Waals surface area contributed by atoms with Gasteiger partial charge < -0.3 is 4.42 Å². The quantitative estimate of drug-likeness (QED) is 0.170. The molecular weight excluding hydrogens is 739 g/mol. The molecule has 11 rings (SSSR count). The molecule has 7 aromatic carbocycles. The average molecular weight is 768 g/mol. The Bertz CT molecular complexity index is 3310. The van der Waals surface area contributed by atoms with Crippen LogP contribution in [0.2, 0.25) is 0 Å². The van der Waals surface area contributed by atoms with Crippen molar-refractivity contribution in [1.82, 2.24) is 24.9 Å². The smallest absolute Gasteiger partial charge is 0.164 e. The lowest BCUT2D eigenvalue weighted by Gasteiger charge is -2.13. The minimum Gasteiger partial charge on any atom is -0.456 e. The molecule has 0 saturated carbocycles. The first-order valence-electron chi connectivity index (χ1n) is 18.6. The van der Waals surface area contributed by atoms with E-state index in [0.29, 0.717) is 28.9 Å². The van der Waals surface area contributed by atoms with E-state index < -0.39 is 0 Å². The van der Waals surface area contributed by atoms with Gasteiger partial charge in [0.15, 0.2) is 23.3 Å². The second kappa shape index (κ2) is 13.6. The Kier molecular flexibility index (Phi) is 7.98. The Morgan fingerprint density at radius 3 is 1.86 bits per heavy atom. The lowest BCUT2D eigenvalue weighted by atomic mass is 9.99. The number of fused-ring (bicyclic) bond motifs is 6. The van der Waals surface area contributed by atoms with E-state index in [-0.39, 0.29) is 0 Å². The Labute approximate surface area is 336 Å². The number of nitrogens with zero attached hydrogens (tertiary/aromatic N) is 5. The van der Waals surface area contributed by atoms with Gasteiger partial charge in [-0.3, -0.25) is 0 Å². The van der Waals surface area contributed by atoms with E-state index in [1.54, 1.807) is 11.3 Å². The summed E-state index contributed by atoms with van der Waals surface area (Å²) in [6.45, 7) is 0. The number of hydrogen-bond acceptors (Lipinski definition) is 8. The molecular formula is C49H29N5OS2. The topological polar surface area (TPSA) is 77.6 Å². The van der Waals surface area contributed by atoms with Gasteiger partial charge >= 0.3 is 0 Å². The van der Waals surface area contributed by atoms with Gasteiger partial charge in [0.05, 0.1) is 15.9 Å². The van der Waals surface area contributed by atoms with E-state index in [0.717, 1.165) is 81.5 Å². The molecule has 57 heavy (non-hydrogen) atoms. The van der Waals surface area contributed by atoms with Gasteiger partial charge in [-0.15, -0.1) is 24.0 Å². The Morgan fingerprint density at radius 1 is 0.439 bits per heavy atom. The minimum absolute atomic E-state index is 0.538. The molecule has 6 nitrogen and oxygen atoms in total. The largest absolute Gasteiger partial charge is 0.456 e. The molecule has 4 heterocycles. The molecule has 8 heteroatoms. The monoisotopic (exact) mass is 767 g/mol. The van der Waals surface area contributed by atoms with Crippen molar-refractivity contribution in [1.29, 1.82) is 0 Å². The van der Waals surface area contributed by atoms with E-state index in [1.807, 2.05) is 91.0 Å². The first kappa shape index (κ1) is 33.3. The maximum absolute atomic E-state index is 6.62. The summed E-state index contributed by atoms with van der Waals surface area (Å²) >= 11 is 6.61. The molecule has 0 spiro atoms. The molecule has 0 aliphatic heterocycles. The SMILES string of the molecule is Sc1cccc(-c2nc(-c3ccccc3)nc(-c3ccc4c(c3)oc3cccc(-c5nc(-c6ccccc6)c6sc7ccccc7c6n5)c34)n2)c1-c1ccccc1. The maximum Gasteiger partial charge on any atom is 0.164 e. The van der Waals surface area contributed by atoms with Gasteiger partial charge in [-0.05, 0) is 35.9 Å². The second-order valence-electron chi connectivity index (χ2n) is 13.8. The third-order valence-corrected chi connectivity index (χ3v) is 11.8. The number of thiol groups is 1. The summed E-state index contributed by atoms with van der Waals surface area (Å²) in [5.41, 5.74) is 9.85. The number of rotatable bonds is 6. The Balaban J connectivity index is 1.09. The lowest BCUT2D eigenvalue weighted by molar-refractivity contribution is 0.669. The van der Waals surface area contributed by atoms with Crippen molar-refractivity contribution in [3.8, 4) is 67.9 Å². The fraction of sp³-hybridized carbons (Fsp3) is 0. The Hall–Kier alpha value is -7.00. The van der Waals surface area contributed by atoms with Crippen molar-refractivity contribution in [2.75, 3.05) is 0 Å². The zero-order valence-electron chi connectivity index (χ0n) is 30.2. The third-order valence-electron chi connectivity index (χ3n) is 10.3.